The second kappa shape index (κ2) is 5.97. The summed E-state index contributed by atoms with van der Waals surface area (Å²) in [6, 6.07) is 9.07. The molecule has 24 heavy (non-hydrogen) atoms. The number of aromatic nitrogens is 1. The molecule has 1 amide bonds. The molecular weight excluding hydrogens is 335 g/mol. The van der Waals surface area contributed by atoms with Crippen molar-refractivity contribution >= 4 is 32.6 Å². The lowest BCUT2D eigenvalue weighted by Gasteiger charge is -2.05. The smallest absolute Gasteiger partial charge is 0.264 e. The third-order valence-corrected chi connectivity index (χ3v) is 4.25. The average molecular weight is 346 g/mol. The summed E-state index contributed by atoms with van der Waals surface area (Å²) in [4.78, 5) is 16.3. The number of thiazole rings is 1. The van der Waals surface area contributed by atoms with Gasteiger partial charge < -0.3 is 14.2 Å². The molecule has 0 fully saturated rings. The Morgan fingerprint density at radius 3 is 2.79 bits per heavy atom. The highest BCUT2D eigenvalue weighted by molar-refractivity contribution is 7.22. The number of carbonyl (C=O) groups is 1. The lowest BCUT2D eigenvalue weighted by atomic mass is 10.3. The van der Waals surface area contributed by atoms with Gasteiger partial charge in [-0.05, 0) is 24.3 Å². The number of hydrogen-bond acceptors (Lipinski definition) is 6. The predicted molar refractivity (Wildman–Crippen MR) is 86.3 cm³/mol. The summed E-state index contributed by atoms with van der Waals surface area (Å²) in [5.74, 6) is 1.02. The Morgan fingerprint density at radius 1 is 1.25 bits per heavy atom. The second-order valence-corrected chi connectivity index (χ2v) is 6.01. The van der Waals surface area contributed by atoms with E-state index in [0.29, 0.717) is 22.4 Å². The highest BCUT2D eigenvalue weighted by Crippen LogP contribution is 2.38. The molecule has 1 N–H and O–H groups in total. The van der Waals surface area contributed by atoms with E-state index >= 15 is 0 Å². The number of amides is 1. The first-order valence-electron chi connectivity index (χ1n) is 7.06. The van der Waals surface area contributed by atoms with Crippen LogP contribution in [-0.2, 0) is 4.79 Å². The lowest BCUT2D eigenvalue weighted by Crippen LogP contribution is -2.19. The highest BCUT2D eigenvalue weighted by atomic mass is 32.1. The largest absolute Gasteiger partial charge is 0.484 e. The van der Waals surface area contributed by atoms with Crippen molar-refractivity contribution in [1.82, 2.24) is 4.98 Å². The molecule has 122 valence electrons. The number of nitrogens with zero attached hydrogens (tertiary/aromatic N) is 1. The van der Waals surface area contributed by atoms with Gasteiger partial charge in [0, 0.05) is 12.1 Å². The van der Waals surface area contributed by atoms with Crippen molar-refractivity contribution in [2.75, 3.05) is 18.7 Å². The molecule has 0 spiro atoms. The average Bonchev–Trinajstić information content (AvgIpc) is 3.17. The summed E-state index contributed by atoms with van der Waals surface area (Å²) in [6.07, 6.45) is 0. The Labute approximate surface area is 139 Å². The first-order chi connectivity index (χ1) is 11.7. The second-order valence-electron chi connectivity index (χ2n) is 4.98. The van der Waals surface area contributed by atoms with Gasteiger partial charge in [-0.1, -0.05) is 11.3 Å². The predicted octanol–water partition coefficient (Wildman–Crippen LogP) is 3.18. The third-order valence-electron chi connectivity index (χ3n) is 3.31. The van der Waals surface area contributed by atoms with Gasteiger partial charge >= 0.3 is 0 Å². The van der Waals surface area contributed by atoms with E-state index in [1.165, 1.54) is 35.6 Å². The van der Waals surface area contributed by atoms with Gasteiger partial charge in [0.05, 0.1) is 10.2 Å². The Hall–Kier alpha value is -2.87. The zero-order valence-corrected chi connectivity index (χ0v) is 13.1. The molecule has 0 radical (unpaired) electrons. The third kappa shape index (κ3) is 2.95. The number of halogens is 1. The molecule has 3 aromatic rings. The van der Waals surface area contributed by atoms with Crippen LogP contribution in [0.5, 0.6) is 17.2 Å². The van der Waals surface area contributed by atoms with Crippen LogP contribution in [0.1, 0.15) is 0 Å². The van der Waals surface area contributed by atoms with Crippen LogP contribution < -0.4 is 19.5 Å². The lowest BCUT2D eigenvalue weighted by molar-refractivity contribution is -0.118. The van der Waals surface area contributed by atoms with Crippen molar-refractivity contribution in [3.63, 3.8) is 0 Å². The van der Waals surface area contributed by atoms with Crippen molar-refractivity contribution in [2.45, 2.75) is 0 Å². The number of carbonyl (C=O) groups excluding carboxylic acids is 1. The van der Waals surface area contributed by atoms with Crippen LogP contribution in [0, 0.1) is 5.82 Å². The zero-order chi connectivity index (χ0) is 16.5. The minimum atomic E-state index is -0.360. The van der Waals surface area contributed by atoms with Gasteiger partial charge in [0.2, 0.25) is 6.79 Å². The van der Waals surface area contributed by atoms with E-state index in [4.69, 9.17) is 14.2 Å². The fraction of sp³-hybridized carbons (Fsp3) is 0.125. The normalized spacial score (nSPS) is 12.4. The summed E-state index contributed by atoms with van der Waals surface area (Å²) in [6.45, 7) is 0.0151. The maximum atomic E-state index is 12.8. The van der Waals surface area contributed by atoms with Crippen LogP contribution in [-0.4, -0.2) is 24.3 Å². The van der Waals surface area contributed by atoms with Crippen LogP contribution in [0.2, 0.25) is 0 Å². The minimum Gasteiger partial charge on any atom is -0.484 e. The van der Waals surface area contributed by atoms with Gasteiger partial charge in [0.15, 0.2) is 23.2 Å². The highest BCUT2D eigenvalue weighted by Gasteiger charge is 2.17. The van der Waals surface area contributed by atoms with Crippen molar-refractivity contribution in [1.29, 1.82) is 0 Å². The SMILES string of the molecule is O=C(COc1ccc(F)cc1)Nc1nc2cc3c(cc2s1)OCO3. The van der Waals surface area contributed by atoms with Gasteiger partial charge in [0.1, 0.15) is 11.6 Å². The fourth-order valence-corrected chi connectivity index (χ4v) is 3.10. The van der Waals surface area contributed by atoms with Crippen LogP contribution in [0.4, 0.5) is 9.52 Å². The molecule has 1 aliphatic rings. The van der Waals surface area contributed by atoms with Crippen LogP contribution in [0.25, 0.3) is 10.2 Å². The molecule has 4 rings (SSSR count). The van der Waals surface area contributed by atoms with E-state index in [2.05, 4.69) is 10.3 Å². The quantitative estimate of drug-likeness (QED) is 0.786. The molecule has 1 aliphatic heterocycles. The molecular formula is C16H11FN2O4S. The van der Waals surface area contributed by atoms with Crippen LogP contribution in [0.3, 0.4) is 0 Å². The number of hydrogen-bond donors (Lipinski definition) is 1. The number of anilines is 1. The number of fused-ring (bicyclic) bond motifs is 2. The molecule has 1 aromatic heterocycles. The maximum Gasteiger partial charge on any atom is 0.264 e. The Kier molecular flexibility index (Phi) is 3.66. The molecule has 0 aliphatic carbocycles. The van der Waals surface area contributed by atoms with Crippen molar-refractivity contribution in [3.8, 4) is 17.2 Å². The van der Waals surface area contributed by atoms with Crippen molar-refractivity contribution in [3.05, 3.63) is 42.2 Å². The number of benzene rings is 2. The topological polar surface area (TPSA) is 69.7 Å². The minimum absolute atomic E-state index is 0.190. The molecule has 2 aromatic carbocycles. The van der Waals surface area contributed by atoms with E-state index in [1.807, 2.05) is 6.07 Å². The summed E-state index contributed by atoms with van der Waals surface area (Å²) >= 11 is 1.33. The first-order valence-corrected chi connectivity index (χ1v) is 7.87. The zero-order valence-electron chi connectivity index (χ0n) is 12.2. The van der Waals surface area contributed by atoms with Crippen LogP contribution >= 0.6 is 11.3 Å². The molecule has 0 atom stereocenters. The standard InChI is InChI=1S/C16H11FN2O4S/c17-9-1-3-10(4-2-9)21-7-15(20)19-16-18-11-5-12-13(23-8-22-12)6-14(11)24-16/h1-6H,7-8H2,(H,18,19,20). The molecule has 0 saturated heterocycles. The molecule has 8 heteroatoms. The summed E-state index contributed by atoms with van der Waals surface area (Å²) in [5.41, 5.74) is 0.721. The Balaban J connectivity index is 1.42. The van der Waals surface area contributed by atoms with E-state index in [0.717, 1.165) is 10.2 Å². The summed E-state index contributed by atoms with van der Waals surface area (Å²) < 4.78 is 29.6. The monoisotopic (exact) mass is 346 g/mol. The van der Waals surface area contributed by atoms with Crippen molar-refractivity contribution < 1.29 is 23.4 Å². The Bertz CT molecular complexity index is 869. The summed E-state index contributed by atoms with van der Waals surface area (Å²) in [7, 11) is 0. The number of ether oxygens (including phenoxy) is 3. The molecule has 0 bridgehead atoms. The number of rotatable bonds is 4. The van der Waals surface area contributed by atoms with E-state index in [1.54, 1.807) is 6.07 Å². The summed E-state index contributed by atoms with van der Waals surface area (Å²) in [5, 5.41) is 3.14. The van der Waals surface area contributed by atoms with Gasteiger partial charge in [0.25, 0.3) is 5.91 Å². The van der Waals surface area contributed by atoms with E-state index in [9.17, 15) is 9.18 Å². The number of nitrogens with one attached hydrogen (secondary N) is 1. The first kappa shape index (κ1) is 14.7. The molecule has 6 nitrogen and oxygen atoms in total. The Morgan fingerprint density at radius 2 is 2.00 bits per heavy atom. The fourth-order valence-electron chi connectivity index (χ4n) is 2.21. The molecule has 2 heterocycles. The van der Waals surface area contributed by atoms with E-state index < -0.39 is 0 Å². The van der Waals surface area contributed by atoms with Gasteiger partial charge in [-0.25, -0.2) is 9.37 Å². The van der Waals surface area contributed by atoms with Gasteiger partial charge in [-0.3, -0.25) is 10.1 Å². The maximum absolute atomic E-state index is 12.8. The van der Waals surface area contributed by atoms with Gasteiger partial charge in [-0.2, -0.15) is 0 Å². The molecule has 0 saturated carbocycles. The van der Waals surface area contributed by atoms with E-state index in [-0.39, 0.29) is 25.1 Å². The van der Waals surface area contributed by atoms with Crippen molar-refractivity contribution in [2.24, 2.45) is 0 Å². The molecule has 0 unspecified atom stereocenters. The van der Waals surface area contributed by atoms with Gasteiger partial charge in [-0.15, -0.1) is 0 Å². The van der Waals surface area contributed by atoms with Crippen LogP contribution in [0.15, 0.2) is 36.4 Å².